The summed E-state index contributed by atoms with van der Waals surface area (Å²) in [5.74, 6) is 0. The molecule has 0 amide bonds. The normalized spacial score (nSPS) is 21.0. The predicted molar refractivity (Wildman–Crippen MR) is 33.2 cm³/mol. The van der Waals surface area contributed by atoms with Gasteiger partial charge >= 0.3 is 0 Å². The van der Waals surface area contributed by atoms with E-state index in [0.717, 1.165) is 5.57 Å². The van der Waals surface area contributed by atoms with Crippen molar-refractivity contribution < 1.29 is 5.11 Å². The topological polar surface area (TPSA) is 20.2 Å². The molecule has 0 aromatic heterocycles. The van der Waals surface area contributed by atoms with E-state index in [1.54, 1.807) is 6.92 Å². The van der Waals surface area contributed by atoms with Gasteiger partial charge in [-0.15, -0.1) is 0 Å². The summed E-state index contributed by atoms with van der Waals surface area (Å²) >= 11 is 0. The van der Waals surface area contributed by atoms with Gasteiger partial charge in [0.2, 0.25) is 0 Å². The highest BCUT2D eigenvalue weighted by molar-refractivity contribution is 5.35. The Labute approximate surface area is 49.3 Å². The van der Waals surface area contributed by atoms with Crippen LogP contribution in [0.3, 0.4) is 0 Å². The van der Waals surface area contributed by atoms with E-state index in [1.165, 1.54) is 0 Å². The van der Waals surface area contributed by atoms with Crippen LogP contribution in [0.1, 0.15) is 6.92 Å². The predicted octanol–water partition coefficient (Wildman–Crippen LogP) is 1.07. The second-order valence-corrected chi connectivity index (χ2v) is 1.89. The third-order valence-electron chi connectivity index (χ3n) is 1.17. The Morgan fingerprint density at radius 3 is 2.62 bits per heavy atom. The summed E-state index contributed by atoms with van der Waals surface area (Å²) in [7, 11) is 0. The quantitative estimate of drug-likeness (QED) is 0.534. The molecule has 0 fully saturated rings. The van der Waals surface area contributed by atoms with Crippen LogP contribution in [0.5, 0.6) is 0 Å². The first-order valence-electron chi connectivity index (χ1n) is 2.70. The summed E-state index contributed by atoms with van der Waals surface area (Å²) in [6.07, 6.45) is 7.34. The summed E-state index contributed by atoms with van der Waals surface area (Å²) in [4.78, 5) is 0. The molecule has 0 aromatic rings. The van der Waals surface area contributed by atoms with Crippen molar-refractivity contribution in [2.45, 2.75) is 13.0 Å². The maximum Gasteiger partial charge on any atom is 0.0758 e. The molecule has 0 spiro atoms. The Balaban J connectivity index is 2.58. The van der Waals surface area contributed by atoms with Crippen molar-refractivity contribution >= 4 is 0 Å². The number of aliphatic hydroxyl groups is 1. The van der Waals surface area contributed by atoms with E-state index in [1.807, 2.05) is 24.6 Å². The van der Waals surface area contributed by atoms with Gasteiger partial charge in [-0.05, 0) is 12.5 Å². The maximum atomic E-state index is 8.91. The third kappa shape index (κ3) is 0.984. The van der Waals surface area contributed by atoms with Gasteiger partial charge in [0.15, 0.2) is 0 Å². The minimum absolute atomic E-state index is 0.315. The summed E-state index contributed by atoms with van der Waals surface area (Å²) in [5, 5.41) is 8.91. The van der Waals surface area contributed by atoms with Crippen molar-refractivity contribution in [3.8, 4) is 0 Å². The SMILES string of the molecule is C[C@@H](O)C1=C[CH]C=C1. The Morgan fingerprint density at radius 2 is 2.38 bits per heavy atom. The third-order valence-corrected chi connectivity index (χ3v) is 1.17. The smallest absolute Gasteiger partial charge is 0.0758 e. The van der Waals surface area contributed by atoms with Crippen LogP contribution in [0.2, 0.25) is 0 Å². The van der Waals surface area contributed by atoms with Crippen LogP contribution >= 0.6 is 0 Å². The van der Waals surface area contributed by atoms with Crippen LogP contribution in [0, 0.1) is 6.42 Å². The fourth-order valence-corrected chi connectivity index (χ4v) is 0.667. The van der Waals surface area contributed by atoms with Gasteiger partial charge < -0.3 is 5.11 Å². The average molecular weight is 109 g/mol. The number of hydrogen-bond donors (Lipinski definition) is 1. The van der Waals surface area contributed by atoms with E-state index in [9.17, 15) is 0 Å². The van der Waals surface area contributed by atoms with Gasteiger partial charge in [-0.25, -0.2) is 0 Å². The molecule has 8 heavy (non-hydrogen) atoms. The van der Waals surface area contributed by atoms with Gasteiger partial charge in [-0.2, -0.15) is 0 Å². The highest BCUT2D eigenvalue weighted by atomic mass is 16.3. The molecule has 1 aliphatic rings. The standard InChI is InChI=1S/C7H9O/c1-6(8)7-4-2-3-5-7/h2-6,8H,1H3/t6-/m1/s1. The first kappa shape index (κ1) is 5.57. The van der Waals surface area contributed by atoms with Gasteiger partial charge in [0, 0.05) is 6.42 Å². The van der Waals surface area contributed by atoms with Crippen molar-refractivity contribution in [3.63, 3.8) is 0 Å². The molecular weight excluding hydrogens is 100 g/mol. The Kier molecular flexibility index (Phi) is 1.49. The lowest BCUT2D eigenvalue weighted by atomic mass is 10.2. The lowest BCUT2D eigenvalue weighted by Crippen LogP contribution is -1.99. The van der Waals surface area contributed by atoms with Crippen LogP contribution in [-0.4, -0.2) is 11.2 Å². The maximum absolute atomic E-state index is 8.91. The zero-order chi connectivity index (χ0) is 5.98. The second kappa shape index (κ2) is 2.14. The van der Waals surface area contributed by atoms with Gasteiger partial charge in [0.05, 0.1) is 6.10 Å². The van der Waals surface area contributed by atoms with E-state index in [0.29, 0.717) is 0 Å². The highest BCUT2D eigenvalue weighted by Gasteiger charge is 2.02. The van der Waals surface area contributed by atoms with Crippen molar-refractivity contribution in [1.82, 2.24) is 0 Å². The molecule has 0 aliphatic heterocycles. The molecule has 0 unspecified atom stereocenters. The molecule has 0 saturated heterocycles. The summed E-state index contributed by atoms with van der Waals surface area (Å²) in [5.41, 5.74) is 0.991. The summed E-state index contributed by atoms with van der Waals surface area (Å²) in [6.45, 7) is 1.76. The lowest BCUT2D eigenvalue weighted by molar-refractivity contribution is 0.235. The first-order chi connectivity index (χ1) is 3.80. The number of hydrogen-bond acceptors (Lipinski definition) is 1. The zero-order valence-electron chi connectivity index (χ0n) is 4.83. The molecular formula is C7H9O. The van der Waals surface area contributed by atoms with Crippen LogP contribution in [0.25, 0.3) is 0 Å². The highest BCUT2D eigenvalue weighted by Crippen LogP contribution is 2.10. The Bertz CT molecular complexity index is 131. The van der Waals surface area contributed by atoms with Crippen molar-refractivity contribution in [2.75, 3.05) is 0 Å². The van der Waals surface area contributed by atoms with Gasteiger partial charge in [0.1, 0.15) is 0 Å². The van der Waals surface area contributed by atoms with E-state index >= 15 is 0 Å². The molecule has 1 rings (SSSR count). The van der Waals surface area contributed by atoms with Crippen molar-refractivity contribution in [1.29, 1.82) is 0 Å². The van der Waals surface area contributed by atoms with Gasteiger partial charge in [-0.1, -0.05) is 18.2 Å². The summed E-state index contributed by atoms with van der Waals surface area (Å²) in [6, 6.07) is 0. The Hall–Kier alpha value is -0.560. The zero-order valence-corrected chi connectivity index (χ0v) is 4.83. The molecule has 1 heteroatoms. The number of aliphatic hydroxyl groups excluding tert-OH is 1. The van der Waals surface area contributed by atoms with Crippen LogP contribution in [-0.2, 0) is 0 Å². The molecule has 0 saturated carbocycles. The molecule has 43 valence electrons. The molecule has 0 heterocycles. The largest absolute Gasteiger partial charge is 0.389 e. The summed E-state index contributed by atoms with van der Waals surface area (Å²) < 4.78 is 0. The molecule has 1 aliphatic carbocycles. The molecule has 0 bridgehead atoms. The minimum atomic E-state index is -0.315. The number of allylic oxidation sites excluding steroid dienone is 2. The molecule has 1 nitrogen and oxygen atoms in total. The number of rotatable bonds is 1. The minimum Gasteiger partial charge on any atom is -0.389 e. The molecule has 0 aromatic carbocycles. The van der Waals surface area contributed by atoms with Crippen LogP contribution < -0.4 is 0 Å². The molecule has 1 radical (unpaired) electrons. The fraction of sp³-hybridized carbons (Fsp3) is 0.286. The van der Waals surface area contributed by atoms with Crippen molar-refractivity contribution in [3.05, 3.63) is 30.2 Å². The molecule has 1 atom stereocenters. The van der Waals surface area contributed by atoms with Gasteiger partial charge in [-0.3, -0.25) is 0 Å². The van der Waals surface area contributed by atoms with E-state index in [4.69, 9.17) is 5.11 Å². The van der Waals surface area contributed by atoms with Crippen LogP contribution in [0.15, 0.2) is 23.8 Å². The lowest BCUT2D eigenvalue weighted by Gasteiger charge is -1.99. The first-order valence-corrected chi connectivity index (χ1v) is 2.70. The van der Waals surface area contributed by atoms with Crippen LogP contribution in [0.4, 0.5) is 0 Å². The Morgan fingerprint density at radius 1 is 1.62 bits per heavy atom. The van der Waals surface area contributed by atoms with E-state index in [-0.39, 0.29) is 6.10 Å². The average Bonchev–Trinajstić information content (AvgIpc) is 2.12. The van der Waals surface area contributed by atoms with E-state index in [2.05, 4.69) is 0 Å². The van der Waals surface area contributed by atoms with E-state index < -0.39 is 0 Å². The molecule has 1 N–H and O–H groups in total. The fourth-order valence-electron chi connectivity index (χ4n) is 0.667. The second-order valence-electron chi connectivity index (χ2n) is 1.89. The monoisotopic (exact) mass is 109 g/mol. The van der Waals surface area contributed by atoms with Gasteiger partial charge in [0.25, 0.3) is 0 Å². The van der Waals surface area contributed by atoms with Crippen molar-refractivity contribution in [2.24, 2.45) is 0 Å².